The molecule has 1 aromatic carbocycles. The van der Waals surface area contributed by atoms with Crippen LogP contribution >= 0.6 is 23.2 Å². The number of halogens is 2. The fourth-order valence-electron chi connectivity index (χ4n) is 2.04. The molecule has 3 N–H and O–H groups in total. The molecule has 1 aliphatic rings. The van der Waals surface area contributed by atoms with Crippen molar-refractivity contribution in [3.8, 4) is 0 Å². The van der Waals surface area contributed by atoms with Gasteiger partial charge in [-0.1, -0.05) is 34.9 Å². The summed E-state index contributed by atoms with van der Waals surface area (Å²) in [5, 5.41) is 4.32. The van der Waals surface area contributed by atoms with E-state index < -0.39 is 0 Å². The summed E-state index contributed by atoms with van der Waals surface area (Å²) in [6, 6.07) is 3.46. The van der Waals surface area contributed by atoms with Crippen LogP contribution in [-0.2, 0) is 0 Å². The molecule has 0 fully saturated rings. The van der Waals surface area contributed by atoms with Gasteiger partial charge in [-0.25, -0.2) is 0 Å². The first kappa shape index (κ1) is 12.6. The molecule has 2 rings (SSSR count). The lowest BCUT2D eigenvalue weighted by Gasteiger charge is -2.11. The Morgan fingerprint density at radius 1 is 1.24 bits per heavy atom. The van der Waals surface area contributed by atoms with Crippen LogP contribution < -0.4 is 11.1 Å². The van der Waals surface area contributed by atoms with Gasteiger partial charge in [-0.3, -0.25) is 0 Å². The van der Waals surface area contributed by atoms with Gasteiger partial charge in [-0.05, 0) is 37.8 Å². The van der Waals surface area contributed by atoms with Crippen LogP contribution in [0.3, 0.4) is 0 Å². The second-order valence-electron chi connectivity index (χ2n) is 4.28. The van der Waals surface area contributed by atoms with Crippen molar-refractivity contribution in [3.05, 3.63) is 33.8 Å². The summed E-state index contributed by atoms with van der Waals surface area (Å²) in [6.07, 6.45) is 7.16. The Kier molecular flexibility index (Phi) is 4.19. The molecule has 1 aliphatic carbocycles. The zero-order valence-electron chi connectivity index (χ0n) is 9.60. The summed E-state index contributed by atoms with van der Waals surface area (Å²) in [7, 11) is 0. The SMILES string of the molecule is Nc1cc(Cl)c(Cl)cc1NCCC1=CCCC1. The predicted octanol–water partition coefficient (Wildman–Crippen LogP) is 4.49. The number of hydrogen-bond donors (Lipinski definition) is 2. The van der Waals surface area contributed by atoms with Crippen LogP contribution in [0.4, 0.5) is 11.4 Å². The molecule has 0 heterocycles. The van der Waals surface area contributed by atoms with E-state index in [1.165, 1.54) is 24.8 Å². The molecule has 0 aromatic heterocycles. The topological polar surface area (TPSA) is 38.0 Å². The molecule has 0 saturated carbocycles. The van der Waals surface area contributed by atoms with Gasteiger partial charge in [0, 0.05) is 6.54 Å². The number of rotatable bonds is 4. The van der Waals surface area contributed by atoms with Crippen molar-refractivity contribution < 1.29 is 0 Å². The Morgan fingerprint density at radius 3 is 2.71 bits per heavy atom. The summed E-state index contributed by atoms with van der Waals surface area (Å²) in [4.78, 5) is 0. The van der Waals surface area contributed by atoms with Gasteiger partial charge in [0.05, 0.1) is 21.4 Å². The summed E-state index contributed by atoms with van der Waals surface area (Å²) in [5.41, 5.74) is 8.90. The van der Waals surface area contributed by atoms with Crippen molar-refractivity contribution in [3.63, 3.8) is 0 Å². The Labute approximate surface area is 112 Å². The number of nitrogens with one attached hydrogen (secondary N) is 1. The summed E-state index contributed by atoms with van der Waals surface area (Å²) >= 11 is 11.8. The maximum atomic E-state index is 5.95. The number of benzene rings is 1. The van der Waals surface area contributed by atoms with E-state index >= 15 is 0 Å². The van der Waals surface area contributed by atoms with E-state index in [1.807, 2.05) is 0 Å². The van der Waals surface area contributed by atoms with Crippen molar-refractivity contribution in [1.82, 2.24) is 0 Å². The molecule has 0 saturated heterocycles. The molecule has 17 heavy (non-hydrogen) atoms. The van der Waals surface area contributed by atoms with Gasteiger partial charge in [-0.2, -0.15) is 0 Å². The van der Waals surface area contributed by atoms with E-state index in [9.17, 15) is 0 Å². The van der Waals surface area contributed by atoms with Gasteiger partial charge in [0.25, 0.3) is 0 Å². The summed E-state index contributed by atoms with van der Waals surface area (Å²) in [5.74, 6) is 0. The normalized spacial score (nSPS) is 14.8. The minimum atomic E-state index is 0.494. The standard InChI is InChI=1S/C13H16Cl2N2/c14-10-7-12(16)13(8-11(10)15)17-6-5-9-3-1-2-4-9/h3,7-8,17H,1-2,4-6,16H2. The van der Waals surface area contributed by atoms with Gasteiger partial charge < -0.3 is 11.1 Å². The van der Waals surface area contributed by atoms with Crippen molar-refractivity contribution in [2.24, 2.45) is 0 Å². The highest BCUT2D eigenvalue weighted by atomic mass is 35.5. The van der Waals surface area contributed by atoms with Gasteiger partial charge in [0.15, 0.2) is 0 Å². The highest BCUT2D eigenvalue weighted by molar-refractivity contribution is 6.42. The molecule has 0 atom stereocenters. The van der Waals surface area contributed by atoms with E-state index in [1.54, 1.807) is 12.1 Å². The van der Waals surface area contributed by atoms with E-state index in [0.717, 1.165) is 18.7 Å². The highest BCUT2D eigenvalue weighted by Gasteiger charge is 2.06. The second kappa shape index (κ2) is 5.65. The highest BCUT2D eigenvalue weighted by Crippen LogP contribution is 2.31. The molecule has 1 aromatic rings. The first-order chi connectivity index (χ1) is 8.16. The zero-order chi connectivity index (χ0) is 12.3. The summed E-state index contributed by atoms with van der Waals surface area (Å²) in [6.45, 7) is 0.883. The largest absolute Gasteiger partial charge is 0.397 e. The third-order valence-electron chi connectivity index (χ3n) is 2.99. The molecule has 2 nitrogen and oxygen atoms in total. The first-order valence-corrected chi connectivity index (χ1v) is 6.58. The monoisotopic (exact) mass is 270 g/mol. The molecule has 0 aliphatic heterocycles. The average Bonchev–Trinajstić information content (AvgIpc) is 2.78. The third kappa shape index (κ3) is 3.30. The fraction of sp³-hybridized carbons (Fsp3) is 0.385. The van der Waals surface area contributed by atoms with Gasteiger partial charge in [0.1, 0.15) is 0 Å². The van der Waals surface area contributed by atoms with Crippen LogP contribution in [0.15, 0.2) is 23.8 Å². The maximum Gasteiger partial charge on any atom is 0.0614 e. The average molecular weight is 271 g/mol. The number of allylic oxidation sites excluding steroid dienone is 1. The number of hydrogen-bond acceptors (Lipinski definition) is 2. The van der Waals surface area contributed by atoms with E-state index in [-0.39, 0.29) is 0 Å². The zero-order valence-corrected chi connectivity index (χ0v) is 11.1. The quantitative estimate of drug-likeness (QED) is 0.625. The van der Waals surface area contributed by atoms with E-state index in [0.29, 0.717) is 15.7 Å². The minimum absolute atomic E-state index is 0.494. The lowest BCUT2D eigenvalue weighted by atomic mass is 10.1. The Bertz CT molecular complexity index is 441. The number of nitrogens with two attached hydrogens (primary N) is 1. The van der Waals surface area contributed by atoms with Crippen LogP contribution in [0.25, 0.3) is 0 Å². The van der Waals surface area contributed by atoms with Crippen LogP contribution in [0.5, 0.6) is 0 Å². The van der Waals surface area contributed by atoms with Crippen LogP contribution in [0, 0.1) is 0 Å². The smallest absolute Gasteiger partial charge is 0.0614 e. The maximum absolute atomic E-state index is 5.95. The van der Waals surface area contributed by atoms with Crippen molar-refractivity contribution in [2.45, 2.75) is 25.7 Å². The minimum Gasteiger partial charge on any atom is -0.397 e. The van der Waals surface area contributed by atoms with Gasteiger partial charge >= 0.3 is 0 Å². The molecule has 0 spiro atoms. The fourth-order valence-corrected chi connectivity index (χ4v) is 2.37. The Hall–Kier alpha value is -0.860. The van der Waals surface area contributed by atoms with E-state index in [4.69, 9.17) is 28.9 Å². The van der Waals surface area contributed by atoms with Crippen molar-refractivity contribution in [2.75, 3.05) is 17.6 Å². The molecule has 0 unspecified atom stereocenters. The molecule has 4 heteroatoms. The van der Waals surface area contributed by atoms with Gasteiger partial charge in [0.2, 0.25) is 0 Å². The molecular formula is C13H16Cl2N2. The first-order valence-electron chi connectivity index (χ1n) is 5.83. The summed E-state index contributed by atoms with van der Waals surface area (Å²) < 4.78 is 0. The van der Waals surface area contributed by atoms with Crippen LogP contribution in [0.2, 0.25) is 10.0 Å². The predicted molar refractivity (Wildman–Crippen MR) is 75.9 cm³/mol. The van der Waals surface area contributed by atoms with E-state index in [2.05, 4.69) is 11.4 Å². The molecule has 0 amide bonds. The van der Waals surface area contributed by atoms with Gasteiger partial charge in [-0.15, -0.1) is 0 Å². The number of anilines is 2. The van der Waals surface area contributed by atoms with Crippen molar-refractivity contribution in [1.29, 1.82) is 0 Å². The molecule has 0 radical (unpaired) electrons. The Balaban J connectivity index is 1.92. The molecule has 0 bridgehead atoms. The van der Waals surface area contributed by atoms with Crippen LogP contribution in [0.1, 0.15) is 25.7 Å². The molecule has 92 valence electrons. The number of nitrogen functional groups attached to an aromatic ring is 1. The third-order valence-corrected chi connectivity index (χ3v) is 3.71. The second-order valence-corrected chi connectivity index (χ2v) is 5.10. The van der Waals surface area contributed by atoms with Crippen LogP contribution in [-0.4, -0.2) is 6.54 Å². The molecular weight excluding hydrogens is 255 g/mol. The Morgan fingerprint density at radius 2 is 2.00 bits per heavy atom. The lowest BCUT2D eigenvalue weighted by molar-refractivity contribution is 0.863. The lowest BCUT2D eigenvalue weighted by Crippen LogP contribution is -2.05. The van der Waals surface area contributed by atoms with Crippen molar-refractivity contribution >= 4 is 34.6 Å².